The maximum atomic E-state index is 13.1. The van der Waals surface area contributed by atoms with Crippen LogP contribution < -0.4 is 10.5 Å². The van der Waals surface area contributed by atoms with Crippen LogP contribution in [0.25, 0.3) is 11.0 Å². The average molecular weight is 471 g/mol. The Kier molecular flexibility index (Phi) is 5.27. The van der Waals surface area contributed by atoms with E-state index >= 15 is 0 Å². The Bertz CT molecular complexity index is 1400. The van der Waals surface area contributed by atoms with Crippen LogP contribution in [0.15, 0.2) is 39.5 Å². The highest BCUT2D eigenvalue weighted by Gasteiger charge is 2.33. The quantitative estimate of drug-likeness (QED) is 0.539. The van der Waals surface area contributed by atoms with Gasteiger partial charge >= 0.3 is 5.63 Å². The van der Waals surface area contributed by atoms with Gasteiger partial charge in [-0.15, -0.1) is 0 Å². The number of para-hydroxylation sites is 1. The van der Waals surface area contributed by atoms with Crippen molar-refractivity contribution < 1.29 is 17.6 Å². The minimum Gasteiger partial charge on any atom is -0.422 e. The molecular formula is C23H26N4O5S. The smallest absolute Gasteiger partial charge is 0.349 e. The lowest BCUT2D eigenvalue weighted by Crippen LogP contribution is -2.49. The summed E-state index contributed by atoms with van der Waals surface area (Å²) in [4.78, 5) is 29.3. The molecule has 3 aromatic rings. The van der Waals surface area contributed by atoms with E-state index in [-0.39, 0.29) is 29.0 Å². The first-order valence-corrected chi connectivity index (χ1v) is 12.9. The highest BCUT2D eigenvalue weighted by molar-refractivity contribution is 7.91. The number of benzene rings is 1. The van der Waals surface area contributed by atoms with Gasteiger partial charge in [-0.1, -0.05) is 18.2 Å². The number of amides is 1. The Hall–Kier alpha value is -3.14. The summed E-state index contributed by atoms with van der Waals surface area (Å²) in [5, 5.41) is 5.37. The van der Waals surface area contributed by atoms with E-state index in [1.54, 1.807) is 23.1 Å². The number of rotatable bonds is 3. The number of sulfone groups is 1. The van der Waals surface area contributed by atoms with E-state index in [0.717, 1.165) is 17.1 Å². The molecule has 2 aliphatic rings. The van der Waals surface area contributed by atoms with Crippen molar-refractivity contribution in [1.82, 2.24) is 14.7 Å². The maximum Gasteiger partial charge on any atom is 0.349 e. The van der Waals surface area contributed by atoms with Crippen molar-refractivity contribution in [2.75, 3.05) is 42.6 Å². The minimum atomic E-state index is -3.00. The number of aromatic nitrogens is 2. The zero-order valence-electron chi connectivity index (χ0n) is 18.7. The summed E-state index contributed by atoms with van der Waals surface area (Å²) in [6.07, 6.45) is 0.584. The number of piperazine rings is 1. The van der Waals surface area contributed by atoms with Crippen LogP contribution in [-0.2, 0) is 9.84 Å². The summed E-state index contributed by atoms with van der Waals surface area (Å²) in [5.41, 5.74) is 2.68. The lowest BCUT2D eigenvalue weighted by atomic mass is 10.1. The molecule has 1 atom stereocenters. The standard InChI is InChI=1S/C23H26N4O5S/c1-15-21(16(2)27(24-15)18-7-12-33(30,31)14-18)25-8-10-26(11-9-25)22(28)19-13-17-5-3-4-6-20(17)32-23(19)29/h3-6,13,18H,7-12,14H2,1-2H3. The summed E-state index contributed by atoms with van der Waals surface area (Å²) in [6.45, 7) is 6.03. The minimum absolute atomic E-state index is 0.0461. The maximum absolute atomic E-state index is 13.1. The highest BCUT2D eigenvalue weighted by atomic mass is 32.2. The number of anilines is 1. The van der Waals surface area contributed by atoms with Gasteiger partial charge in [-0.2, -0.15) is 5.10 Å². The number of nitrogens with zero attached hydrogens (tertiary/aromatic N) is 4. The molecule has 0 N–H and O–H groups in total. The molecule has 10 heteroatoms. The number of hydrogen-bond acceptors (Lipinski definition) is 7. The molecule has 174 valence electrons. The lowest BCUT2D eigenvalue weighted by Gasteiger charge is -2.36. The summed E-state index contributed by atoms with van der Waals surface area (Å²) in [5.74, 6) is 0.00867. The summed E-state index contributed by atoms with van der Waals surface area (Å²) >= 11 is 0. The SMILES string of the molecule is Cc1nn(C2CCS(=O)(=O)C2)c(C)c1N1CCN(C(=O)c2cc3ccccc3oc2=O)CC1. The Balaban J connectivity index is 1.32. The Labute approximate surface area is 191 Å². The van der Waals surface area contributed by atoms with Crippen molar-refractivity contribution in [3.05, 3.63) is 57.7 Å². The third-order valence-corrected chi connectivity index (χ3v) is 8.35. The molecule has 33 heavy (non-hydrogen) atoms. The van der Waals surface area contributed by atoms with Crippen LogP contribution in [0, 0.1) is 13.8 Å². The van der Waals surface area contributed by atoms with E-state index in [9.17, 15) is 18.0 Å². The van der Waals surface area contributed by atoms with Gasteiger partial charge in [0.2, 0.25) is 0 Å². The predicted octanol–water partition coefficient (Wildman–Crippen LogP) is 1.93. The zero-order valence-corrected chi connectivity index (χ0v) is 19.5. The fourth-order valence-corrected chi connectivity index (χ4v) is 6.64. The molecule has 0 bridgehead atoms. The molecular weight excluding hydrogens is 444 g/mol. The molecule has 0 aliphatic carbocycles. The number of aryl methyl sites for hydroxylation is 1. The third-order valence-electron chi connectivity index (χ3n) is 6.60. The third kappa shape index (κ3) is 3.92. The largest absolute Gasteiger partial charge is 0.422 e. The van der Waals surface area contributed by atoms with Gasteiger partial charge in [0.1, 0.15) is 11.1 Å². The van der Waals surface area contributed by atoms with Crippen LogP contribution in [-0.4, -0.2) is 66.7 Å². The fourth-order valence-electron chi connectivity index (χ4n) is 4.95. The summed E-state index contributed by atoms with van der Waals surface area (Å²) < 4.78 is 31.0. The normalized spacial score (nSPS) is 20.5. The second kappa shape index (κ2) is 8.02. The van der Waals surface area contributed by atoms with Gasteiger partial charge in [-0.25, -0.2) is 13.2 Å². The zero-order chi connectivity index (χ0) is 23.3. The van der Waals surface area contributed by atoms with Gasteiger partial charge in [0.25, 0.3) is 5.91 Å². The van der Waals surface area contributed by atoms with Crippen molar-refractivity contribution in [3.8, 4) is 0 Å². The molecule has 4 heterocycles. The average Bonchev–Trinajstić information content (AvgIpc) is 3.30. The van der Waals surface area contributed by atoms with E-state index in [1.165, 1.54) is 0 Å². The number of carbonyl (C=O) groups is 1. The van der Waals surface area contributed by atoms with E-state index < -0.39 is 15.5 Å². The Morgan fingerprint density at radius 1 is 1.12 bits per heavy atom. The van der Waals surface area contributed by atoms with Gasteiger partial charge in [0, 0.05) is 31.6 Å². The van der Waals surface area contributed by atoms with Crippen LogP contribution in [0.1, 0.15) is 34.2 Å². The molecule has 1 amide bonds. The number of carbonyl (C=O) groups excluding carboxylic acids is 1. The second-order valence-electron chi connectivity index (χ2n) is 8.79. The summed E-state index contributed by atoms with van der Waals surface area (Å²) in [6, 6.07) is 8.60. The van der Waals surface area contributed by atoms with Crippen molar-refractivity contribution in [2.45, 2.75) is 26.3 Å². The highest BCUT2D eigenvalue weighted by Crippen LogP contribution is 2.31. The van der Waals surface area contributed by atoms with Gasteiger partial charge in [-0.3, -0.25) is 9.48 Å². The molecule has 1 aromatic carbocycles. The Morgan fingerprint density at radius 2 is 1.85 bits per heavy atom. The first kappa shape index (κ1) is 21.7. The van der Waals surface area contributed by atoms with Gasteiger partial charge < -0.3 is 14.2 Å². The molecule has 2 aromatic heterocycles. The fraction of sp³-hybridized carbons (Fsp3) is 0.435. The molecule has 2 saturated heterocycles. The molecule has 0 saturated carbocycles. The topological polar surface area (TPSA) is 106 Å². The van der Waals surface area contributed by atoms with Gasteiger partial charge in [0.15, 0.2) is 9.84 Å². The monoisotopic (exact) mass is 470 g/mol. The molecule has 0 radical (unpaired) electrons. The molecule has 2 fully saturated rings. The lowest BCUT2D eigenvalue weighted by molar-refractivity contribution is 0.0742. The van der Waals surface area contributed by atoms with E-state index in [4.69, 9.17) is 4.42 Å². The van der Waals surface area contributed by atoms with Crippen LogP contribution in [0.4, 0.5) is 5.69 Å². The van der Waals surface area contributed by atoms with E-state index in [2.05, 4.69) is 10.00 Å². The van der Waals surface area contributed by atoms with Crippen molar-refractivity contribution >= 4 is 32.4 Å². The molecule has 2 aliphatic heterocycles. The van der Waals surface area contributed by atoms with E-state index in [0.29, 0.717) is 43.6 Å². The molecule has 5 rings (SSSR count). The number of fused-ring (bicyclic) bond motifs is 1. The molecule has 9 nitrogen and oxygen atoms in total. The van der Waals surface area contributed by atoms with E-state index in [1.807, 2.05) is 30.7 Å². The second-order valence-corrected chi connectivity index (χ2v) is 11.0. The van der Waals surface area contributed by atoms with Crippen molar-refractivity contribution in [3.63, 3.8) is 0 Å². The number of hydrogen-bond donors (Lipinski definition) is 0. The molecule has 0 spiro atoms. The Morgan fingerprint density at radius 3 is 2.55 bits per heavy atom. The van der Waals surface area contributed by atoms with Gasteiger partial charge in [0.05, 0.1) is 34.6 Å². The van der Waals surface area contributed by atoms with Crippen molar-refractivity contribution in [2.24, 2.45) is 0 Å². The van der Waals surface area contributed by atoms with Gasteiger partial charge in [-0.05, 0) is 32.4 Å². The first-order chi connectivity index (χ1) is 15.7. The first-order valence-electron chi connectivity index (χ1n) is 11.1. The van der Waals surface area contributed by atoms with Crippen LogP contribution in [0.5, 0.6) is 0 Å². The molecule has 1 unspecified atom stereocenters. The predicted molar refractivity (Wildman–Crippen MR) is 125 cm³/mol. The van der Waals surface area contributed by atoms with Crippen LogP contribution in [0.3, 0.4) is 0 Å². The van der Waals surface area contributed by atoms with Crippen molar-refractivity contribution in [1.29, 1.82) is 0 Å². The van der Waals surface area contributed by atoms with Crippen LogP contribution >= 0.6 is 0 Å². The van der Waals surface area contributed by atoms with Crippen LogP contribution in [0.2, 0.25) is 0 Å². The summed E-state index contributed by atoms with van der Waals surface area (Å²) in [7, 11) is -3.00.